The van der Waals surface area contributed by atoms with Crippen molar-refractivity contribution in [1.82, 2.24) is 0 Å². The van der Waals surface area contributed by atoms with Crippen LogP contribution in [0, 0.1) is 0 Å². The molecule has 0 saturated heterocycles. The summed E-state index contributed by atoms with van der Waals surface area (Å²) in [7, 11) is 1.27. The van der Waals surface area contributed by atoms with Crippen LogP contribution in [0.15, 0.2) is 63.8 Å². The third-order valence-electron chi connectivity index (χ3n) is 5.70. The first-order chi connectivity index (χ1) is 18.2. The van der Waals surface area contributed by atoms with Crippen molar-refractivity contribution in [3.05, 3.63) is 91.8 Å². The van der Waals surface area contributed by atoms with Gasteiger partial charge in [0, 0.05) is 6.07 Å². The van der Waals surface area contributed by atoms with Gasteiger partial charge in [0.05, 0.1) is 22.5 Å². The summed E-state index contributed by atoms with van der Waals surface area (Å²) < 4.78 is 62.7. The zero-order valence-electron chi connectivity index (χ0n) is 21.0. The maximum Gasteiger partial charge on any atom is 0.453 e. The molecule has 0 atom stereocenters. The molecule has 0 N–H and O–H groups in total. The molecule has 6 nitrogen and oxygen atoms in total. The van der Waals surface area contributed by atoms with E-state index in [0.29, 0.717) is 0 Å². The Labute approximate surface area is 230 Å². The molecular formula is C28H21Cl2F3O6. The maximum absolute atomic E-state index is 13.9. The summed E-state index contributed by atoms with van der Waals surface area (Å²) in [6.07, 6.45) is -5.07. The van der Waals surface area contributed by atoms with Crippen molar-refractivity contribution in [3.8, 4) is 23.0 Å². The molecule has 39 heavy (non-hydrogen) atoms. The van der Waals surface area contributed by atoms with E-state index < -0.39 is 34.7 Å². The number of carbonyl (C=O) groups excluding carboxylic acids is 1. The van der Waals surface area contributed by atoms with Crippen LogP contribution in [0.25, 0.3) is 11.0 Å². The molecule has 0 aliphatic heterocycles. The Hall–Kier alpha value is -3.69. The van der Waals surface area contributed by atoms with Crippen molar-refractivity contribution in [2.24, 2.45) is 0 Å². The van der Waals surface area contributed by atoms with Gasteiger partial charge in [0.25, 0.3) is 5.76 Å². The van der Waals surface area contributed by atoms with Gasteiger partial charge in [-0.25, -0.2) is 4.79 Å². The van der Waals surface area contributed by atoms with Gasteiger partial charge in [0.1, 0.15) is 22.6 Å². The summed E-state index contributed by atoms with van der Waals surface area (Å²) in [6.45, 7) is 5.94. The molecule has 0 amide bonds. The molecule has 1 aromatic heterocycles. The largest absolute Gasteiger partial charge is 0.494 e. The Bertz CT molecular complexity index is 1620. The first-order valence-corrected chi connectivity index (χ1v) is 12.2. The zero-order valence-corrected chi connectivity index (χ0v) is 22.5. The molecule has 0 saturated carbocycles. The van der Waals surface area contributed by atoms with Crippen LogP contribution in [0.3, 0.4) is 0 Å². The van der Waals surface area contributed by atoms with Crippen molar-refractivity contribution >= 4 is 40.1 Å². The Morgan fingerprint density at radius 3 is 2.08 bits per heavy atom. The maximum atomic E-state index is 13.9. The van der Waals surface area contributed by atoms with Crippen LogP contribution >= 0.6 is 23.2 Å². The predicted octanol–water partition coefficient (Wildman–Crippen LogP) is 8.44. The van der Waals surface area contributed by atoms with Gasteiger partial charge in [0.2, 0.25) is 11.2 Å². The number of fused-ring (bicyclic) bond motifs is 1. The number of carbonyl (C=O) groups is 1. The molecule has 4 aromatic rings. The fourth-order valence-electron chi connectivity index (χ4n) is 3.72. The van der Waals surface area contributed by atoms with E-state index in [-0.39, 0.29) is 43.7 Å². The number of rotatable bonds is 5. The lowest BCUT2D eigenvalue weighted by atomic mass is 9.87. The summed E-state index contributed by atoms with van der Waals surface area (Å²) in [4.78, 5) is 25.9. The van der Waals surface area contributed by atoms with E-state index in [2.05, 4.69) is 0 Å². The average Bonchev–Trinajstić information content (AvgIpc) is 2.85. The van der Waals surface area contributed by atoms with Crippen molar-refractivity contribution < 1.29 is 36.6 Å². The van der Waals surface area contributed by atoms with Gasteiger partial charge in [0.15, 0.2) is 5.75 Å². The number of alkyl halides is 3. The first kappa shape index (κ1) is 28.3. The van der Waals surface area contributed by atoms with E-state index in [0.717, 1.165) is 17.7 Å². The molecule has 4 rings (SSSR count). The van der Waals surface area contributed by atoms with Crippen LogP contribution in [-0.4, -0.2) is 13.1 Å². The van der Waals surface area contributed by atoms with Crippen molar-refractivity contribution in [2.45, 2.75) is 32.4 Å². The number of esters is 1. The van der Waals surface area contributed by atoms with Crippen LogP contribution in [0.4, 0.5) is 13.2 Å². The van der Waals surface area contributed by atoms with E-state index in [1.165, 1.54) is 37.4 Å². The predicted molar refractivity (Wildman–Crippen MR) is 141 cm³/mol. The van der Waals surface area contributed by atoms with Crippen molar-refractivity contribution in [2.75, 3.05) is 7.11 Å². The quantitative estimate of drug-likeness (QED) is 0.174. The minimum atomic E-state index is -5.07. The Morgan fingerprint density at radius 1 is 0.872 bits per heavy atom. The van der Waals surface area contributed by atoms with E-state index in [4.69, 9.17) is 41.8 Å². The molecule has 1 heterocycles. The molecule has 0 unspecified atom stereocenters. The minimum Gasteiger partial charge on any atom is -0.494 e. The first-order valence-electron chi connectivity index (χ1n) is 11.4. The van der Waals surface area contributed by atoms with Crippen LogP contribution in [-0.2, 0) is 11.6 Å². The second kappa shape index (κ2) is 10.5. The van der Waals surface area contributed by atoms with Crippen LogP contribution in [0.1, 0.15) is 42.5 Å². The fraction of sp³-hybridized carbons (Fsp3) is 0.214. The summed E-state index contributed by atoms with van der Waals surface area (Å²) in [5.41, 5.74) is -0.985. The van der Waals surface area contributed by atoms with Gasteiger partial charge in [-0.2, -0.15) is 13.2 Å². The minimum absolute atomic E-state index is 0.0229. The summed E-state index contributed by atoms with van der Waals surface area (Å²) in [5.74, 6) is -3.87. The number of methoxy groups -OCH3 is 1. The highest BCUT2D eigenvalue weighted by atomic mass is 35.5. The van der Waals surface area contributed by atoms with E-state index >= 15 is 0 Å². The Kier molecular flexibility index (Phi) is 7.60. The third kappa shape index (κ3) is 5.84. The van der Waals surface area contributed by atoms with Gasteiger partial charge in [-0.3, -0.25) is 4.79 Å². The highest BCUT2D eigenvalue weighted by Crippen LogP contribution is 2.39. The lowest BCUT2D eigenvalue weighted by Crippen LogP contribution is -2.16. The highest BCUT2D eigenvalue weighted by Gasteiger charge is 2.40. The Balaban J connectivity index is 1.74. The van der Waals surface area contributed by atoms with Crippen LogP contribution in [0.5, 0.6) is 23.0 Å². The molecule has 0 aliphatic carbocycles. The number of hydrogen-bond acceptors (Lipinski definition) is 6. The smallest absolute Gasteiger partial charge is 0.453 e. The summed E-state index contributed by atoms with van der Waals surface area (Å²) in [5, 5.41) is -0.151. The molecule has 0 bridgehead atoms. The van der Waals surface area contributed by atoms with E-state index in [9.17, 15) is 22.8 Å². The summed E-state index contributed by atoms with van der Waals surface area (Å²) in [6, 6.07) is 12.5. The normalized spacial score (nSPS) is 11.9. The second-order valence-electron chi connectivity index (χ2n) is 9.45. The molecular weight excluding hydrogens is 560 g/mol. The van der Waals surface area contributed by atoms with Gasteiger partial charge >= 0.3 is 12.1 Å². The molecule has 11 heteroatoms. The Morgan fingerprint density at radius 2 is 1.49 bits per heavy atom. The lowest BCUT2D eigenvalue weighted by Gasteiger charge is -2.19. The third-order valence-corrected chi connectivity index (χ3v) is 6.31. The van der Waals surface area contributed by atoms with Crippen molar-refractivity contribution in [1.29, 1.82) is 0 Å². The van der Waals surface area contributed by atoms with Gasteiger partial charge in [-0.1, -0.05) is 56.1 Å². The molecule has 0 radical (unpaired) electrons. The van der Waals surface area contributed by atoms with E-state index in [1.54, 1.807) is 12.1 Å². The standard InChI is InChI=1S/C28H21Cl2F3O6/c1-27(2,3)14-5-7-15(8-6-14)37-24-22(34)17-10-9-16(13-20(17)39-25(24)28(31,32)33)38-26(35)21-18(29)11-12-19(30)23(21)36-4/h5-13H,1-4H3. The number of ether oxygens (including phenoxy) is 3. The molecule has 3 aromatic carbocycles. The highest BCUT2D eigenvalue weighted by molar-refractivity contribution is 6.37. The monoisotopic (exact) mass is 580 g/mol. The average molecular weight is 581 g/mol. The zero-order chi connectivity index (χ0) is 28.7. The number of benzene rings is 3. The number of hydrogen-bond donors (Lipinski definition) is 0. The van der Waals surface area contributed by atoms with Gasteiger partial charge < -0.3 is 18.6 Å². The van der Waals surface area contributed by atoms with E-state index in [1.807, 2.05) is 20.8 Å². The second-order valence-corrected chi connectivity index (χ2v) is 10.3. The van der Waals surface area contributed by atoms with Crippen LogP contribution in [0.2, 0.25) is 10.0 Å². The molecule has 0 aliphatic rings. The summed E-state index contributed by atoms with van der Waals surface area (Å²) >= 11 is 12.1. The van der Waals surface area contributed by atoms with Gasteiger partial charge in [-0.15, -0.1) is 0 Å². The topological polar surface area (TPSA) is 75.0 Å². The molecule has 0 spiro atoms. The number of halogens is 5. The molecule has 0 fully saturated rings. The fourth-order valence-corrected chi connectivity index (χ4v) is 4.18. The van der Waals surface area contributed by atoms with Gasteiger partial charge in [-0.05, 0) is 47.4 Å². The van der Waals surface area contributed by atoms with Crippen molar-refractivity contribution in [3.63, 3.8) is 0 Å². The van der Waals surface area contributed by atoms with Crippen LogP contribution < -0.4 is 19.6 Å². The lowest BCUT2D eigenvalue weighted by molar-refractivity contribution is -0.154. The molecule has 204 valence electrons. The SMILES string of the molecule is COc1c(Cl)ccc(Cl)c1C(=O)Oc1ccc2c(=O)c(Oc3ccc(C(C)(C)C)cc3)c(C(F)(F)F)oc2c1.